The first-order chi connectivity index (χ1) is 7.09. The summed E-state index contributed by atoms with van der Waals surface area (Å²) in [7, 11) is 0. The van der Waals surface area contributed by atoms with Crippen LogP contribution in [-0.2, 0) is 6.54 Å². The van der Waals surface area contributed by atoms with Crippen LogP contribution in [0.15, 0.2) is 18.2 Å². The van der Waals surface area contributed by atoms with Crippen LogP contribution in [0.3, 0.4) is 0 Å². The van der Waals surface area contributed by atoms with E-state index < -0.39 is 0 Å². The maximum Gasteiger partial charge on any atom is 0.0524 e. The van der Waals surface area contributed by atoms with Crippen molar-refractivity contribution in [2.75, 3.05) is 6.54 Å². The molecule has 1 aromatic carbocycles. The zero-order valence-corrected chi connectivity index (χ0v) is 9.88. The Labute approximate surface area is 92.3 Å². The van der Waals surface area contributed by atoms with Crippen molar-refractivity contribution in [1.29, 1.82) is 0 Å². The summed E-state index contributed by atoms with van der Waals surface area (Å²) in [6, 6.07) is 6.50. The zero-order chi connectivity index (χ0) is 11.3. The summed E-state index contributed by atoms with van der Waals surface area (Å²) >= 11 is 0. The molecule has 0 saturated carbocycles. The van der Waals surface area contributed by atoms with E-state index in [9.17, 15) is 0 Å². The molecule has 0 bridgehead atoms. The number of rotatable bonds is 5. The minimum Gasteiger partial charge on any atom is -0.393 e. The molecule has 0 amide bonds. The highest BCUT2D eigenvalue weighted by molar-refractivity contribution is 5.30. The first-order valence-electron chi connectivity index (χ1n) is 5.54. The zero-order valence-electron chi connectivity index (χ0n) is 9.88. The van der Waals surface area contributed by atoms with Crippen LogP contribution in [0.5, 0.6) is 0 Å². The van der Waals surface area contributed by atoms with E-state index in [1.54, 1.807) is 0 Å². The van der Waals surface area contributed by atoms with Crippen LogP contribution < -0.4 is 5.32 Å². The van der Waals surface area contributed by atoms with Gasteiger partial charge in [-0.05, 0) is 44.9 Å². The van der Waals surface area contributed by atoms with Gasteiger partial charge in [0.2, 0.25) is 0 Å². The van der Waals surface area contributed by atoms with E-state index in [2.05, 4.69) is 37.4 Å². The Morgan fingerprint density at radius 2 is 2.07 bits per heavy atom. The first-order valence-corrected chi connectivity index (χ1v) is 5.54. The fourth-order valence-electron chi connectivity index (χ4n) is 1.52. The van der Waals surface area contributed by atoms with Gasteiger partial charge in [-0.25, -0.2) is 0 Å². The van der Waals surface area contributed by atoms with Gasteiger partial charge in [0.1, 0.15) is 0 Å². The van der Waals surface area contributed by atoms with Crippen LogP contribution in [0, 0.1) is 13.8 Å². The monoisotopic (exact) mass is 207 g/mol. The van der Waals surface area contributed by atoms with E-state index in [0.717, 1.165) is 19.5 Å². The van der Waals surface area contributed by atoms with Gasteiger partial charge in [0.25, 0.3) is 0 Å². The van der Waals surface area contributed by atoms with Gasteiger partial charge in [-0.3, -0.25) is 0 Å². The Morgan fingerprint density at radius 3 is 2.73 bits per heavy atom. The number of aliphatic hydroxyl groups excluding tert-OH is 1. The minimum absolute atomic E-state index is 0.212. The van der Waals surface area contributed by atoms with Crippen LogP contribution in [0.1, 0.15) is 30.0 Å². The van der Waals surface area contributed by atoms with Crippen molar-refractivity contribution in [3.8, 4) is 0 Å². The summed E-state index contributed by atoms with van der Waals surface area (Å²) in [6.07, 6.45) is 0.598. The van der Waals surface area contributed by atoms with E-state index >= 15 is 0 Å². The average molecular weight is 207 g/mol. The third kappa shape index (κ3) is 4.45. The largest absolute Gasteiger partial charge is 0.393 e. The summed E-state index contributed by atoms with van der Waals surface area (Å²) in [4.78, 5) is 0. The Hall–Kier alpha value is -0.860. The molecule has 0 saturated heterocycles. The van der Waals surface area contributed by atoms with Gasteiger partial charge in [0, 0.05) is 6.54 Å². The summed E-state index contributed by atoms with van der Waals surface area (Å²) in [6.45, 7) is 7.81. The van der Waals surface area contributed by atoms with Crippen molar-refractivity contribution in [3.05, 3.63) is 34.9 Å². The van der Waals surface area contributed by atoms with Crippen LogP contribution >= 0.6 is 0 Å². The molecular weight excluding hydrogens is 186 g/mol. The summed E-state index contributed by atoms with van der Waals surface area (Å²) in [5.74, 6) is 0. The fraction of sp³-hybridized carbons (Fsp3) is 0.538. The normalized spacial score (nSPS) is 12.8. The number of nitrogens with one attached hydrogen (secondary N) is 1. The Morgan fingerprint density at radius 1 is 1.33 bits per heavy atom. The quantitative estimate of drug-likeness (QED) is 0.725. The molecule has 0 aliphatic heterocycles. The smallest absolute Gasteiger partial charge is 0.0524 e. The molecule has 0 aliphatic carbocycles. The van der Waals surface area contributed by atoms with Crippen LogP contribution in [-0.4, -0.2) is 17.8 Å². The first kappa shape index (κ1) is 12.2. The SMILES string of the molecule is Cc1ccc(C)c(CNCCC(C)O)c1. The number of aryl methyl sites for hydroxylation is 2. The highest BCUT2D eigenvalue weighted by Crippen LogP contribution is 2.10. The molecule has 2 heteroatoms. The molecule has 1 rings (SSSR count). The highest BCUT2D eigenvalue weighted by Gasteiger charge is 1.99. The lowest BCUT2D eigenvalue weighted by atomic mass is 10.1. The minimum atomic E-state index is -0.212. The van der Waals surface area contributed by atoms with E-state index in [1.165, 1.54) is 16.7 Å². The van der Waals surface area contributed by atoms with Gasteiger partial charge in [-0.1, -0.05) is 23.8 Å². The molecule has 84 valence electrons. The lowest BCUT2D eigenvalue weighted by Gasteiger charge is -2.09. The standard InChI is InChI=1S/C13H21NO/c1-10-4-5-11(2)13(8-10)9-14-7-6-12(3)15/h4-5,8,12,14-15H,6-7,9H2,1-3H3. The van der Waals surface area contributed by atoms with Gasteiger partial charge < -0.3 is 10.4 Å². The molecule has 15 heavy (non-hydrogen) atoms. The topological polar surface area (TPSA) is 32.3 Å². The van der Waals surface area contributed by atoms with Gasteiger partial charge in [-0.2, -0.15) is 0 Å². The second-order valence-corrected chi connectivity index (χ2v) is 4.24. The molecule has 0 radical (unpaired) electrons. The number of benzene rings is 1. The molecule has 2 N–H and O–H groups in total. The van der Waals surface area contributed by atoms with E-state index in [-0.39, 0.29) is 6.10 Å². The molecule has 1 aromatic rings. The predicted molar refractivity (Wildman–Crippen MR) is 63.9 cm³/mol. The molecule has 1 unspecified atom stereocenters. The van der Waals surface area contributed by atoms with Crippen molar-refractivity contribution in [2.45, 2.75) is 39.8 Å². The molecule has 0 heterocycles. The molecule has 1 atom stereocenters. The maximum absolute atomic E-state index is 9.11. The van der Waals surface area contributed by atoms with Crippen LogP contribution in [0.25, 0.3) is 0 Å². The molecule has 0 aliphatic rings. The number of aliphatic hydroxyl groups is 1. The molecule has 2 nitrogen and oxygen atoms in total. The van der Waals surface area contributed by atoms with Crippen LogP contribution in [0.4, 0.5) is 0 Å². The predicted octanol–water partition coefficient (Wildman–Crippen LogP) is 2.16. The van der Waals surface area contributed by atoms with E-state index in [1.807, 2.05) is 6.92 Å². The maximum atomic E-state index is 9.11. The van der Waals surface area contributed by atoms with Gasteiger partial charge >= 0.3 is 0 Å². The molecular formula is C13H21NO. The highest BCUT2D eigenvalue weighted by atomic mass is 16.3. The Bertz CT molecular complexity index is 307. The second kappa shape index (κ2) is 5.89. The second-order valence-electron chi connectivity index (χ2n) is 4.24. The van der Waals surface area contributed by atoms with Crippen LogP contribution in [0.2, 0.25) is 0 Å². The molecule has 0 fully saturated rings. The third-order valence-corrected chi connectivity index (χ3v) is 2.56. The van der Waals surface area contributed by atoms with E-state index in [4.69, 9.17) is 5.11 Å². The summed E-state index contributed by atoms with van der Waals surface area (Å²) in [5.41, 5.74) is 3.97. The van der Waals surface area contributed by atoms with Crippen molar-refractivity contribution < 1.29 is 5.11 Å². The van der Waals surface area contributed by atoms with Crippen molar-refractivity contribution >= 4 is 0 Å². The van der Waals surface area contributed by atoms with Crippen molar-refractivity contribution in [2.24, 2.45) is 0 Å². The Balaban J connectivity index is 2.40. The molecule has 0 spiro atoms. The fourth-order valence-corrected chi connectivity index (χ4v) is 1.52. The van der Waals surface area contributed by atoms with Gasteiger partial charge in [0.05, 0.1) is 6.10 Å². The summed E-state index contributed by atoms with van der Waals surface area (Å²) in [5, 5.41) is 12.4. The number of hydrogen-bond donors (Lipinski definition) is 2. The van der Waals surface area contributed by atoms with Crippen molar-refractivity contribution in [1.82, 2.24) is 5.32 Å². The van der Waals surface area contributed by atoms with Crippen molar-refractivity contribution in [3.63, 3.8) is 0 Å². The average Bonchev–Trinajstić information content (AvgIpc) is 2.17. The Kier molecular flexibility index (Phi) is 4.79. The van der Waals surface area contributed by atoms with E-state index in [0.29, 0.717) is 0 Å². The van der Waals surface area contributed by atoms with Gasteiger partial charge in [0.15, 0.2) is 0 Å². The summed E-state index contributed by atoms with van der Waals surface area (Å²) < 4.78 is 0. The third-order valence-electron chi connectivity index (χ3n) is 2.56. The lowest BCUT2D eigenvalue weighted by Crippen LogP contribution is -2.19. The van der Waals surface area contributed by atoms with Gasteiger partial charge in [-0.15, -0.1) is 0 Å². The lowest BCUT2D eigenvalue weighted by molar-refractivity contribution is 0.183. The number of hydrogen-bond acceptors (Lipinski definition) is 2. The molecule has 0 aromatic heterocycles.